The van der Waals surface area contributed by atoms with Gasteiger partial charge in [-0.1, -0.05) is 39.0 Å². The predicted molar refractivity (Wildman–Crippen MR) is 52.3 cm³/mol. The molecule has 1 rings (SSSR count). The summed E-state index contributed by atoms with van der Waals surface area (Å²) in [6, 6.07) is 0. The molecule has 0 aromatic heterocycles. The quantitative estimate of drug-likeness (QED) is 0.714. The zero-order valence-corrected chi connectivity index (χ0v) is 8.17. The van der Waals surface area contributed by atoms with Crippen LogP contribution in [0.3, 0.4) is 0 Å². The Morgan fingerprint density at radius 2 is 2.00 bits per heavy atom. The summed E-state index contributed by atoms with van der Waals surface area (Å²) in [7, 11) is 0. The Balaban J connectivity index is 2.47. The molecule has 1 fully saturated rings. The van der Waals surface area contributed by atoms with Gasteiger partial charge >= 0.3 is 5.97 Å². The van der Waals surface area contributed by atoms with Crippen molar-refractivity contribution in [3.8, 4) is 0 Å². The van der Waals surface area contributed by atoms with E-state index in [0.29, 0.717) is 5.92 Å². The molecule has 75 valence electrons. The van der Waals surface area contributed by atoms with Crippen molar-refractivity contribution in [3.05, 3.63) is 6.92 Å². The van der Waals surface area contributed by atoms with Crippen LogP contribution in [0.5, 0.6) is 0 Å². The van der Waals surface area contributed by atoms with Crippen LogP contribution in [0, 0.1) is 18.8 Å². The topological polar surface area (TPSA) is 37.3 Å². The van der Waals surface area contributed by atoms with E-state index in [2.05, 4.69) is 6.92 Å². The van der Waals surface area contributed by atoms with Crippen molar-refractivity contribution in [1.82, 2.24) is 0 Å². The Morgan fingerprint density at radius 3 is 2.62 bits per heavy atom. The minimum atomic E-state index is -0.611. The summed E-state index contributed by atoms with van der Waals surface area (Å²) in [5.41, 5.74) is 0. The molecule has 1 saturated carbocycles. The van der Waals surface area contributed by atoms with E-state index in [1.165, 1.54) is 19.3 Å². The summed E-state index contributed by atoms with van der Waals surface area (Å²) in [5, 5.41) is 8.95. The average Bonchev–Trinajstić information content (AvgIpc) is 2.03. The smallest absolute Gasteiger partial charge is 0.306 e. The van der Waals surface area contributed by atoms with Gasteiger partial charge in [0.2, 0.25) is 0 Å². The molecule has 0 aromatic carbocycles. The van der Waals surface area contributed by atoms with E-state index in [0.717, 1.165) is 25.7 Å². The lowest BCUT2D eigenvalue weighted by molar-refractivity contribution is -0.142. The van der Waals surface area contributed by atoms with Gasteiger partial charge in [0.1, 0.15) is 0 Å². The first kappa shape index (κ1) is 10.6. The number of hydrogen-bond donors (Lipinski definition) is 1. The molecule has 0 spiro atoms. The number of aliphatic carboxylic acids is 1. The molecule has 0 amide bonds. The highest BCUT2D eigenvalue weighted by molar-refractivity contribution is 5.69. The van der Waals surface area contributed by atoms with Crippen molar-refractivity contribution < 1.29 is 9.90 Å². The van der Waals surface area contributed by atoms with Crippen LogP contribution >= 0.6 is 0 Å². The second-order valence-corrected chi connectivity index (χ2v) is 4.06. The third-order valence-electron chi connectivity index (χ3n) is 3.04. The number of carbonyl (C=O) groups is 1. The van der Waals surface area contributed by atoms with Crippen LogP contribution in [0.15, 0.2) is 0 Å². The van der Waals surface area contributed by atoms with Crippen LogP contribution in [-0.4, -0.2) is 11.1 Å². The van der Waals surface area contributed by atoms with Gasteiger partial charge in [-0.2, -0.15) is 0 Å². The number of rotatable bonds is 2. The molecule has 1 N–H and O–H groups in total. The molecule has 1 radical (unpaired) electrons. The lowest BCUT2D eigenvalue weighted by Crippen LogP contribution is -2.19. The summed E-state index contributed by atoms with van der Waals surface area (Å²) in [5.74, 6) is -0.172. The Hall–Kier alpha value is -0.530. The molecule has 2 atom stereocenters. The number of hydrogen-bond acceptors (Lipinski definition) is 1. The van der Waals surface area contributed by atoms with Crippen molar-refractivity contribution in [2.45, 2.75) is 44.9 Å². The molecule has 0 aromatic rings. The zero-order chi connectivity index (χ0) is 9.68. The number of carboxylic acid groups (broad SMARTS) is 1. The highest BCUT2D eigenvalue weighted by Gasteiger charge is 2.22. The highest BCUT2D eigenvalue weighted by Crippen LogP contribution is 2.28. The molecule has 1 aliphatic carbocycles. The van der Waals surface area contributed by atoms with Crippen LogP contribution in [0.25, 0.3) is 0 Å². The van der Waals surface area contributed by atoms with Gasteiger partial charge in [0.15, 0.2) is 0 Å². The molecular weight excluding hydrogens is 164 g/mol. The zero-order valence-electron chi connectivity index (χ0n) is 8.17. The second-order valence-electron chi connectivity index (χ2n) is 4.06. The van der Waals surface area contributed by atoms with Crippen LogP contribution in [0.4, 0.5) is 0 Å². The molecule has 0 bridgehead atoms. The number of carboxylic acids is 1. The maximum Gasteiger partial charge on any atom is 0.306 e. The van der Waals surface area contributed by atoms with E-state index in [1.807, 2.05) is 0 Å². The largest absolute Gasteiger partial charge is 0.481 e. The van der Waals surface area contributed by atoms with Gasteiger partial charge in [0.25, 0.3) is 0 Å². The molecule has 2 unspecified atom stereocenters. The van der Waals surface area contributed by atoms with Crippen molar-refractivity contribution in [1.29, 1.82) is 0 Å². The van der Waals surface area contributed by atoms with Crippen molar-refractivity contribution in [2.75, 3.05) is 0 Å². The normalized spacial score (nSPS) is 30.5. The van der Waals surface area contributed by atoms with E-state index in [4.69, 9.17) is 5.11 Å². The van der Waals surface area contributed by atoms with E-state index >= 15 is 0 Å². The molecule has 2 heteroatoms. The Bertz CT molecular complexity index is 165. The molecule has 13 heavy (non-hydrogen) atoms. The first-order chi connectivity index (χ1) is 6.24. The van der Waals surface area contributed by atoms with Crippen molar-refractivity contribution >= 4 is 5.97 Å². The van der Waals surface area contributed by atoms with Gasteiger partial charge in [-0.15, -0.1) is 0 Å². The minimum Gasteiger partial charge on any atom is -0.481 e. The lowest BCUT2D eigenvalue weighted by atomic mass is 9.83. The fraction of sp³-hybridized carbons (Fsp3) is 0.818. The summed E-state index contributed by atoms with van der Waals surface area (Å²) < 4.78 is 0. The Morgan fingerprint density at radius 1 is 1.31 bits per heavy atom. The van der Waals surface area contributed by atoms with Crippen LogP contribution in [-0.2, 0) is 4.79 Å². The maximum absolute atomic E-state index is 10.9. The van der Waals surface area contributed by atoms with Gasteiger partial charge in [-0.25, -0.2) is 0 Å². The molecule has 1 aliphatic rings. The molecule has 2 nitrogen and oxygen atoms in total. The molecule has 0 aliphatic heterocycles. The summed E-state index contributed by atoms with van der Waals surface area (Å²) >= 11 is 0. The molecule has 0 heterocycles. The van der Waals surface area contributed by atoms with E-state index in [1.54, 1.807) is 0 Å². The van der Waals surface area contributed by atoms with Gasteiger partial charge in [-0.05, 0) is 18.8 Å². The van der Waals surface area contributed by atoms with Crippen molar-refractivity contribution in [2.24, 2.45) is 11.8 Å². The maximum atomic E-state index is 10.9. The highest BCUT2D eigenvalue weighted by atomic mass is 16.4. The van der Waals surface area contributed by atoms with Crippen molar-refractivity contribution in [3.63, 3.8) is 0 Å². The summed E-state index contributed by atoms with van der Waals surface area (Å²) in [6.45, 7) is 3.88. The van der Waals surface area contributed by atoms with Gasteiger partial charge < -0.3 is 5.11 Å². The fourth-order valence-electron chi connectivity index (χ4n) is 2.13. The monoisotopic (exact) mass is 183 g/mol. The van der Waals surface area contributed by atoms with E-state index < -0.39 is 5.97 Å². The predicted octanol–water partition coefficient (Wildman–Crippen LogP) is 2.88. The lowest BCUT2D eigenvalue weighted by Gasteiger charge is -2.22. The molecular formula is C11H19O2. The van der Waals surface area contributed by atoms with Gasteiger partial charge in [-0.3, -0.25) is 4.79 Å². The Kier molecular flexibility index (Phi) is 4.26. The summed E-state index contributed by atoms with van der Waals surface area (Å²) in [4.78, 5) is 10.9. The fourth-order valence-corrected chi connectivity index (χ4v) is 2.13. The molecule has 0 saturated heterocycles. The third-order valence-corrected chi connectivity index (χ3v) is 3.04. The first-order valence-corrected chi connectivity index (χ1v) is 5.26. The summed E-state index contributed by atoms with van der Waals surface area (Å²) in [6.07, 6.45) is 7.31. The van der Waals surface area contributed by atoms with Crippen LogP contribution < -0.4 is 0 Å². The van der Waals surface area contributed by atoms with Crippen LogP contribution in [0.1, 0.15) is 44.9 Å². The minimum absolute atomic E-state index is 0.105. The average molecular weight is 183 g/mol. The van der Waals surface area contributed by atoms with Gasteiger partial charge in [0, 0.05) is 0 Å². The van der Waals surface area contributed by atoms with Gasteiger partial charge in [0.05, 0.1) is 5.92 Å². The second kappa shape index (κ2) is 5.25. The third kappa shape index (κ3) is 3.37. The first-order valence-electron chi connectivity index (χ1n) is 5.26. The SMILES string of the molecule is [CH2]CC1CCCCCC(C(=O)O)C1. The van der Waals surface area contributed by atoms with E-state index in [-0.39, 0.29) is 5.92 Å². The Labute approximate surface area is 80.3 Å². The standard InChI is InChI=1S/C11H19O2/c1-2-9-6-4-3-5-7-10(8-9)11(12)13/h9-10H,1-8H2,(H,12,13). The van der Waals surface area contributed by atoms with E-state index in [9.17, 15) is 4.79 Å². The van der Waals surface area contributed by atoms with Crippen LogP contribution in [0.2, 0.25) is 0 Å².